The highest BCUT2D eigenvalue weighted by Crippen LogP contribution is 2.23. The van der Waals surface area contributed by atoms with E-state index < -0.39 is 6.17 Å². The highest BCUT2D eigenvalue weighted by Gasteiger charge is 2.14. The van der Waals surface area contributed by atoms with Crippen LogP contribution in [0.5, 0.6) is 0 Å². The smallest absolute Gasteiger partial charge is 0.100 e. The van der Waals surface area contributed by atoms with E-state index in [9.17, 15) is 4.39 Å². The van der Waals surface area contributed by atoms with Crippen molar-refractivity contribution in [3.63, 3.8) is 0 Å². The predicted molar refractivity (Wildman–Crippen MR) is 36.8 cm³/mol. The Morgan fingerprint density at radius 1 is 1.11 bits per heavy atom. The molecule has 0 heterocycles. The van der Waals surface area contributed by atoms with E-state index in [0.717, 1.165) is 32.1 Å². The normalized spacial score (nSPS) is 38.0. The van der Waals surface area contributed by atoms with E-state index in [2.05, 4.69) is 6.92 Å². The highest BCUT2D eigenvalue weighted by molar-refractivity contribution is 4.70. The second-order valence-corrected chi connectivity index (χ2v) is 2.97. The fraction of sp³-hybridized carbons (Fsp3) is 0.875. The van der Waals surface area contributed by atoms with Gasteiger partial charge in [0.1, 0.15) is 6.17 Å². The number of rotatable bonds is 0. The van der Waals surface area contributed by atoms with E-state index in [1.54, 1.807) is 0 Å². The topological polar surface area (TPSA) is 0 Å². The molecule has 0 aromatic carbocycles. The summed E-state index contributed by atoms with van der Waals surface area (Å²) in [7, 11) is 0. The van der Waals surface area contributed by atoms with E-state index >= 15 is 0 Å². The molecule has 0 nitrogen and oxygen atoms in total. The second-order valence-electron chi connectivity index (χ2n) is 2.97. The molecule has 1 rings (SSSR count). The lowest BCUT2D eigenvalue weighted by molar-refractivity contribution is 0.299. The Hall–Kier alpha value is -0.0700. The van der Waals surface area contributed by atoms with E-state index in [-0.39, 0.29) is 0 Å². The third kappa shape index (κ3) is 2.33. The van der Waals surface area contributed by atoms with Gasteiger partial charge in [-0.3, -0.25) is 0 Å². The predicted octanol–water partition coefficient (Wildman–Crippen LogP) is 2.74. The molecule has 1 fully saturated rings. The van der Waals surface area contributed by atoms with Crippen LogP contribution in [0.25, 0.3) is 0 Å². The van der Waals surface area contributed by atoms with Crippen LogP contribution >= 0.6 is 0 Å². The van der Waals surface area contributed by atoms with Crippen LogP contribution in [-0.4, -0.2) is 6.17 Å². The summed E-state index contributed by atoms with van der Waals surface area (Å²) in [6, 6.07) is 0. The summed E-state index contributed by atoms with van der Waals surface area (Å²) in [6.45, 7) is 3.93. The van der Waals surface area contributed by atoms with E-state index in [0.29, 0.717) is 5.92 Å². The number of halogens is 1. The molecule has 0 spiro atoms. The van der Waals surface area contributed by atoms with Crippen LogP contribution in [0.15, 0.2) is 0 Å². The van der Waals surface area contributed by atoms with Gasteiger partial charge in [0.25, 0.3) is 0 Å². The molecule has 0 aromatic heterocycles. The molecular weight excluding hydrogens is 115 g/mol. The van der Waals surface area contributed by atoms with Gasteiger partial charge in [0.15, 0.2) is 0 Å². The van der Waals surface area contributed by atoms with Gasteiger partial charge in [-0.25, -0.2) is 4.39 Å². The minimum atomic E-state index is -0.531. The lowest BCUT2D eigenvalue weighted by Gasteiger charge is -2.03. The van der Waals surface area contributed by atoms with Gasteiger partial charge in [0.05, 0.1) is 0 Å². The Kier molecular flexibility index (Phi) is 2.49. The van der Waals surface area contributed by atoms with Crippen molar-refractivity contribution in [1.82, 2.24) is 0 Å². The van der Waals surface area contributed by atoms with E-state index in [1.807, 2.05) is 0 Å². The highest BCUT2D eigenvalue weighted by atomic mass is 19.1. The Morgan fingerprint density at radius 3 is 2.67 bits per heavy atom. The van der Waals surface area contributed by atoms with Gasteiger partial charge in [-0.2, -0.15) is 0 Å². The molecule has 0 aromatic rings. The summed E-state index contributed by atoms with van der Waals surface area (Å²) < 4.78 is 12.6. The average molecular weight is 129 g/mol. The Morgan fingerprint density at radius 2 is 1.89 bits per heavy atom. The zero-order valence-electron chi connectivity index (χ0n) is 5.78. The minimum Gasteiger partial charge on any atom is -0.247 e. The van der Waals surface area contributed by atoms with Crippen LogP contribution in [-0.2, 0) is 0 Å². The van der Waals surface area contributed by atoms with Crippen molar-refractivity contribution < 1.29 is 4.39 Å². The van der Waals surface area contributed by atoms with Crippen molar-refractivity contribution in [3.05, 3.63) is 6.92 Å². The van der Waals surface area contributed by atoms with Crippen LogP contribution < -0.4 is 0 Å². The maximum absolute atomic E-state index is 12.6. The molecule has 2 unspecified atom stereocenters. The van der Waals surface area contributed by atoms with Gasteiger partial charge < -0.3 is 0 Å². The maximum Gasteiger partial charge on any atom is 0.100 e. The van der Waals surface area contributed by atoms with Crippen LogP contribution in [0.1, 0.15) is 32.1 Å². The van der Waals surface area contributed by atoms with Crippen LogP contribution in [0.4, 0.5) is 4.39 Å². The Balaban J connectivity index is 2.25. The van der Waals surface area contributed by atoms with Gasteiger partial charge >= 0.3 is 0 Å². The summed E-state index contributed by atoms with van der Waals surface area (Å²) in [5.74, 6) is 0.519. The van der Waals surface area contributed by atoms with Gasteiger partial charge in [-0.15, -0.1) is 0 Å². The third-order valence-corrected chi connectivity index (χ3v) is 2.02. The molecule has 1 aliphatic carbocycles. The third-order valence-electron chi connectivity index (χ3n) is 2.02. The number of alkyl halides is 1. The molecule has 2 atom stereocenters. The molecular formula is C8H14F. The van der Waals surface area contributed by atoms with Crippen molar-refractivity contribution in [1.29, 1.82) is 0 Å². The summed E-state index contributed by atoms with van der Waals surface area (Å²) >= 11 is 0. The van der Waals surface area contributed by atoms with Gasteiger partial charge in [-0.05, 0) is 25.2 Å². The van der Waals surface area contributed by atoms with Crippen LogP contribution in [0.3, 0.4) is 0 Å². The fourth-order valence-electron chi connectivity index (χ4n) is 1.33. The molecule has 0 aliphatic heterocycles. The van der Waals surface area contributed by atoms with Crippen molar-refractivity contribution >= 4 is 0 Å². The molecule has 9 heavy (non-hydrogen) atoms. The van der Waals surface area contributed by atoms with Crippen molar-refractivity contribution in [2.45, 2.75) is 38.3 Å². The van der Waals surface area contributed by atoms with Crippen molar-refractivity contribution in [2.75, 3.05) is 0 Å². The molecule has 0 amide bonds. The molecule has 1 saturated carbocycles. The molecule has 0 saturated heterocycles. The summed E-state index contributed by atoms with van der Waals surface area (Å²) in [4.78, 5) is 0. The molecule has 1 aliphatic rings. The summed E-state index contributed by atoms with van der Waals surface area (Å²) in [6.07, 6.45) is 4.13. The molecule has 0 N–H and O–H groups in total. The minimum absolute atomic E-state index is 0.519. The largest absolute Gasteiger partial charge is 0.247 e. The van der Waals surface area contributed by atoms with Gasteiger partial charge in [0.2, 0.25) is 0 Å². The van der Waals surface area contributed by atoms with Gasteiger partial charge in [-0.1, -0.05) is 19.8 Å². The zero-order chi connectivity index (χ0) is 6.69. The average Bonchev–Trinajstić information content (AvgIpc) is 1.97. The molecule has 1 heteroatoms. The first-order chi connectivity index (χ1) is 4.29. The number of hydrogen-bond donors (Lipinski definition) is 0. The fourth-order valence-corrected chi connectivity index (χ4v) is 1.33. The molecule has 0 bridgehead atoms. The van der Waals surface area contributed by atoms with Crippen LogP contribution in [0.2, 0.25) is 0 Å². The Labute approximate surface area is 56.5 Å². The van der Waals surface area contributed by atoms with Crippen LogP contribution in [0, 0.1) is 12.8 Å². The van der Waals surface area contributed by atoms with E-state index in [4.69, 9.17) is 0 Å². The van der Waals surface area contributed by atoms with E-state index in [1.165, 1.54) is 0 Å². The second kappa shape index (κ2) is 3.19. The number of hydrogen-bond acceptors (Lipinski definition) is 0. The summed E-state index contributed by atoms with van der Waals surface area (Å²) in [5, 5.41) is 0. The molecule has 1 radical (unpaired) electrons. The van der Waals surface area contributed by atoms with Gasteiger partial charge in [0, 0.05) is 0 Å². The monoisotopic (exact) mass is 129 g/mol. The zero-order valence-corrected chi connectivity index (χ0v) is 5.78. The van der Waals surface area contributed by atoms with Crippen molar-refractivity contribution in [2.24, 2.45) is 5.92 Å². The SMILES string of the molecule is [CH2]C1CCCC(F)CC1. The quantitative estimate of drug-likeness (QED) is 0.441. The first kappa shape index (κ1) is 7.04. The Bertz CT molecular complexity index is 70.6. The first-order valence-electron chi connectivity index (χ1n) is 3.76. The lowest BCUT2D eigenvalue weighted by Crippen LogP contribution is -1.96. The lowest BCUT2D eigenvalue weighted by atomic mass is 10.0. The first-order valence-corrected chi connectivity index (χ1v) is 3.76. The maximum atomic E-state index is 12.6. The standard InChI is InChI=1S/C8H14F/c1-7-3-2-4-8(9)6-5-7/h7-8H,1-6H2. The van der Waals surface area contributed by atoms with Crippen molar-refractivity contribution in [3.8, 4) is 0 Å². The summed E-state index contributed by atoms with van der Waals surface area (Å²) in [5.41, 5.74) is 0. The molecule has 53 valence electrons.